The van der Waals surface area contributed by atoms with E-state index in [4.69, 9.17) is 24.9 Å². The second kappa shape index (κ2) is 8.10. The summed E-state index contributed by atoms with van der Waals surface area (Å²) >= 11 is 0. The highest BCUT2D eigenvalue weighted by Crippen LogP contribution is 2.29. The summed E-state index contributed by atoms with van der Waals surface area (Å²) in [5.74, 6) is -1.59. The fraction of sp³-hybridized carbons (Fsp3) is 0.0476. The molecule has 29 heavy (non-hydrogen) atoms. The van der Waals surface area contributed by atoms with E-state index in [1.807, 2.05) is 0 Å². The SMILES string of the molecule is COc1cc(/C=C(\C#N)C(N)=O)ccc1OC(=O)c1cc2ccccc2oc1=O. The third-order valence-electron chi connectivity index (χ3n) is 3.95. The average molecular weight is 390 g/mol. The molecular formula is C21H14N2O6. The Labute approximate surface area is 164 Å². The van der Waals surface area contributed by atoms with Crippen LogP contribution in [0.1, 0.15) is 15.9 Å². The van der Waals surface area contributed by atoms with Crippen LogP contribution < -0.4 is 20.8 Å². The molecule has 2 aromatic carbocycles. The van der Waals surface area contributed by atoms with Crippen molar-refractivity contribution in [1.82, 2.24) is 0 Å². The standard InChI is InChI=1S/C21H14N2O6/c1-27-18-9-12(8-14(11-22)19(23)24)6-7-17(18)29-21(26)15-10-13-4-2-3-5-16(13)28-20(15)25/h2-10H,1H3,(H2,23,24)/b14-8+. The summed E-state index contributed by atoms with van der Waals surface area (Å²) in [7, 11) is 1.35. The fourth-order valence-corrected chi connectivity index (χ4v) is 2.54. The number of carbonyl (C=O) groups excluding carboxylic acids is 2. The van der Waals surface area contributed by atoms with E-state index in [0.29, 0.717) is 16.5 Å². The van der Waals surface area contributed by atoms with Gasteiger partial charge in [-0.15, -0.1) is 0 Å². The van der Waals surface area contributed by atoms with E-state index < -0.39 is 17.5 Å². The van der Waals surface area contributed by atoms with Crippen LogP contribution in [0.25, 0.3) is 17.0 Å². The molecule has 0 saturated heterocycles. The van der Waals surface area contributed by atoms with Gasteiger partial charge in [0.2, 0.25) is 0 Å². The molecular weight excluding hydrogens is 376 g/mol. The topological polar surface area (TPSA) is 133 Å². The fourth-order valence-electron chi connectivity index (χ4n) is 2.54. The summed E-state index contributed by atoms with van der Waals surface area (Å²) in [6.45, 7) is 0. The van der Waals surface area contributed by atoms with Gasteiger partial charge in [-0.1, -0.05) is 24.3 Å². The zero-order valence-electron chi connectivity index (χ0n) is 15.2. The number of hydrogen-bond acceptors (Lipinski definition) is 7. The monoisotopic (exact) mass is 390 g/mol. The summed E-state index contributed by atoms with van der Waals surface area (Å²) in [4.78, 5) is 35.8. The molecule has 3 aromatic rings. The van der Waals surface area contributed by atoms with Crippen LogP contribution in [0.2, 0.25) is 0 Å². The van der Waals surface area contributed by atoms with Crippen molar-refractivity contribution >= 4 is 28.9 Å². The number of benzene rings is 2. The van der Waals surface area contributed by atoms with Gasteiger partial charge in [0.25, 0.3) is 5.91 Å². The zero-order chi connectivity index (χ0) is 21.0. The third kappa shape index (κ3) is 4.14. The predicted octanol–water partition coefficient (Wildman–Crippen LogP) is 2.41. The first kappa shape index (κ1) is 19.4. The number of nitriles is 1. The van der Waals surface area contributed by atoms with E-state index in [-0.39, 0.29) is 22.6 Å². The summed E-state index contributed by atoms with van der Waals surface area (Å²) in [6, 6.07) is 14.2. The van der Waals surface area contributed by atoms with Gasteiger partial charge in [-0.25, -0.2) is 9.59 Å². The lowest BCUT2D eigenvalue weighted by atomic mass is 10.1. The van der Waals surface area contributed by atoms with E-state index in [1.54, 1.807) is 30.3 Å². The lowest BCUT2D eigenvalue weighted by Crippen LogP contribution is -2.19. The van der Waals surface area contributed by atoms with Crippen LogP contribution in [0.4, 0.5) is 0 Å². The van der Waals surface area contributed by atoms with Crippen LogP contribution >= 0.6 is 0 Å². The molecule has 0 fully saturated rings. The lowest BCUT2D eigenvalue weighted by Gasteiger charge is -2.10. The van der Waals surface area contributed by atoms with Gasteiger partial charge in [-0.05, 0) is 35.9 Å². The first-order valence-electron chi connectivity index (χ1n) is 8.27. The highest BCUT2D eigenvalue weighted by atomic mass is 16.6. The minimum Gasteiger partial charge on any atom is -0.493 e. The van der Waals surface area contributed by atoms with E-state index in [1.165, 1.54) is 37.5 Å². The number of primary amides is 1. The number of esters is 1. The molecule has 0 aliphatic carbocycles. The van der Waals surface area contributed by atoms with Crippen LogP contribution in [0.15, 0.2) is 63.3 Å². The Morgan fingerprint density at radius 1 is 1.14 bits per heavy atom. The Bertz CT molecular complexity index is 1250. The summed E-state index contributed by atoms with van der Waals surface area (Å²) in [6.07, 6.45) is 1.27. The molecule has 0 atom stereocenters. The van der Waals surface area contributed by atoms with Crippen molar-refractivity contribution in [1.29, 1.82) is 5.26 Å². The summed E-state index contributed by atoms with van der Waals surface area (Å²) < 4.78 is 15.6. The van der Waals surface area contributed by atoms with Gasteiger partial charge in [-0.3, -0.25) is 4.79 Å². The highest BCUT2D eigenvalue weighted by molar-refractivity contribution is 6.00. The van der Waals surface area contributed by atoms with Crippen LogP contribution in [0.5, 0.6) is 11.5 Å². The van der Waals surface area contributed by atoms with Crippen molar-refractivity contribution in [2.24, 2.45) is 5.73 Å². The minimum atomic E-state index is -0.916. The van der Waals surface area contributed by atoms with Crippen LogP contribution in [-0.4, -0.2) is 19.0 Å². The molecule has 0 aliphatic heterocycles. The normalized spacial score (nSPS) is 11.0. The molecule has 1 amide bonds. The summed E-state index contributed by atoms with van der Waals surface area (Å²) in [5.41, 5.74) is 4.56. The second-order valence-electron chi connectivity index (χ2n) is 5.82. The molecule has 3 rings (SSSR count). The lowest BCUT2D eigenvalue weighted by molar-refractivity contribution is -0.114. The molecule has 1 heterocycles. The molecule has 0 radical (unpaired) electrons. The Morgan fingerprint density at radius 2 is 1.90 bits per heavy atom. The molecule has 0 bridgehead atoms. The highest BCUT2D eigenvalue weighted by Gasteiger charge is 2.18. The zero-order valence-corrected chi connectivity index (χ0v) is 15.2. The molecule has 0 saturated carbocycles. The van der Waals surface area contributed by atoms with Crippen molar-refractivity contribution in [3.05, 3.63) is 75.7 Å². The molecule has 1 aromatic heterocycles. The minimum absolute atomic E-state index is 0.0415. The molecule has 0 aliphatic rings. The largest absolute Gasteiger partial charge is 0.493 e. The Kier molecular flexibility index (Phi) is 5.42. The Hall–Kier alpha value is -4.38. The van der Waals surface area contributed by atoms with Gasteiger partial charge >= 0.3 is 11.6 Å². The van der Waals surface area contributed by atoms with Crippen molar-refractivity contribution in [3.63, 3.8) is 0 Å². The van der Waals surface area contributed by atoms with Gasteiger partial charge in [0.1, 0.15) is 22.8 Å². The number of methoxy groups -OCH3 is 1. The van der Waals surface area contributed by atoms with Crippen molar-refractivity contribution < 1.29 is 23.5 Å². The Balaban J connectivity index is 1.93. The van der Waals surface area contributed by atoms with E-state index in [9.17, 15) is 14.4 Å². The molecule has 0 spiro atoms. The van der Waals surface area contributed by atoms with Gasteiger partial charge in [0.05, 0.1) is 7.11 Å². The van der Waals surface area contributed by atoms with Crippen LogP contribution in [0.3, 0.4) is 0 Å². The smallest absolute Gasteiger partial charge is 0.351 e. The number of rotatable bonds is 5. The van der Waals surface area contributed by atoms with Crippen molar-refractivity contribution in [3.8, 4) is 17.6 Å². The number of para-hydroxylation sites is 1. The quantitative estimate of drug-likeness (QED) is 0.232. The first-order valence-corrected chi connectivity index (χ1v) is 8.27. The molecule has 0 unspecified atom stereocenters. The third-order valence-corrected chi connectivity index (χ3v) is 3.95. The number of ether oxygens (including phenoxy) is 2. The van der Waals surface area contributed by atoms with E-state index in [2.05, 4.69) is 0 Å². The second-order valence-corrected chi connectivity index (χ2v) is 5.82. The molecule has 8 heteroatoms. The number of carbonyl (C=O) groups is 2. The van der Waals surface area contributed by atoms with Gasteiger partial charge < -0.3 is 19.6 Å². The van der Waals surface area contributed by atoms with Crippen molar-refractivity contribution in [2.75, 3.05) is 7.11 Å². The van der Waals surface area contributed by atoms with E-state index in [0.717, 1.165) is 0 Å². The van der Waals surface area contributed by atoms with Gasteiger partial charge in [-0.2, -0.15) is 5.26 Å². The average Bonchev–Trinajstić information content (AvgIpc) is 2.71. The number of nitrogens with two attached hydrogens (primary N) is 1. The maximum absolute atomic E-state index is 12.5. The van der Waals surface area contributed by atoms with Crippen molar-refractivity contribution in [2.45, 2.75) is 0 Å². The number of nitrogens with zero attached hydrogens (tertiary/aromatic N) is 1. The van der Waals surface area contributed by atoms with Gasteiger partial charge in [0.15, 0.2) is 11.5 Å². The summed E-state index contributed by atoms with van der Waals surface area (Å²) in [5, 5.41) is 9.50. The molecule has 144 valence electrons. The number of amides is 1. The Morgan fingerprint density at radius 3 is 2.59 bits per heavy atom. The maximum atomic E-state index is 12.5. The number of hydrogen-bond donors (Lipinski definition) is 1. The maximum Gasteiger partial charge on any atom is 0.351 e. The van der Waals surface area contributed by atoms with Crippen LogP contribution in [-0.2, 0) is 4.79 Å². The van der Waals surface area contributed by atoms with E-state index >= 15 is 0 Å². The number of fused-ring (bicyclic) bond motifs is 1. The predicted molar refractivity (Wildman–Crippen MR) is 103 cm³/mol. The molecule has 8 nitrogen and oxygen atoms in total. The van der Waals surface area contributed by atoms with Crippen LogP contribution in [0, 0.1) is 11.3 Å². The molecule has 2 N–H and O–H groups in total. The van der Waals surface area contributed by atoms with Gasteiger partial charge in [0, 0.05) is 5.39 Å². The first-order chi connectivity index (χ1) is 13.9.